The normalized spacial score (nSPS) is 20.1. The molecule has 2 aliphatic heterocycles. The molecule has 4 rings (SSSR count). The van der Waals surface area contributed by atoms with Gasteiger partial charge in [0.05, 0.1) is 19.0 Å². The molecule has 4 heterocycles. The molecule has 2 fully saturated rings. The molecule has 1 N–H and O–H groups in total. The molecule has 9 heteroatoms. The van der Waals surface area contributed by atoms with Gasteiger partial charge in [-0.15, -0.1) is 0 Å². The third-order valence-corrected chi connectivity index (χ3v) is 6.21. The van der Waals surface area contributed by atoms with Crippen LogP contribution in [0, 0.1) is 20.8 Å². The summed E-state index contributed by atoms with van der Waals surface area (Å²) in [5.41, 5.74) is 2.05. The van der Waals surface area contributed by atoms with Crippen molar-refractivity contribution in [3.8, 4) is 0 Å². The number of amides is 2. The molecule has 2 aliphatic rings. The molecule has 0 saturated carbocycles. The van der Waals surface area contributed by atoms with Crippen LogP contribution in [0.15, 0.2) is 22.9 Å². The van der Waals surface area contributed by atoms with Gasteiger partial charge >= 0.3 is 0 Å². The second kappa shape index (κ2) is 9.05. The van der Waals surface area contributed by atoms with Gasteiger partial charge in [-0.1, -0.05) is 0 Å². The molecule has 2 amide bonds. The van der Waals surface area contributed by atoms with E-state index in [1.165, 1.54) is 0 Å². The van der Waals surface area contributed by atoms with Crippen LogP contribution in [0.4, 0.5) is 5.82 Å². The smallest absolute Gasteiger partial charge is 0.237 e. The number of nitrogens with one attached hydrogen (secondary N) is 1. The lowest BCUT2D eigenvalue weighted by Gasteiger charge is -2.38. The minimum Gasteiger partial charge on any atom is -0.465 e. The Kier molecular flexibility index (Phi) is 6.22. The van der Waals surface area contributed by atoms with Crippen LogP contribution >= 0.6 is 0 Å². The topological polar surface area (TPSA) is 94.8 Å². The van der Waals surface area contributed by atoms with Crippen molar-refractivity contribution in [1.82, 2.24) is 25.1 Å². The van der Waals surface area contributed by atoms with E-state index in [1.54, 1.807) is 6.33 Å². The highest BCUT2D eigenvalue weighted by atomic mass is 16.3. The summed E-state index contributed by atoms with van der Waals surface area (Å²) in [7, 11) is 0. The molecule has 166 valence electrons. The van der Waals surface area contributed by atoms with Crippen molar-refractivity contribution in [2.24, 2.45) is 0 Å². The fourth-order valence-electron chi connectivity index (χ4n) is 4.25. The van der Waals surface area contributed by atoms with Crippen LogP contribution in [-0.2, 0) is 16.1 Å². The molecule has 0 aromatic carbocycles. The first-order chi connectivity index (χ1) is 14.9. The summed E-state index contributed by atoms with van der Waals surface area (Å²) in [4.78, 5) is 40.3. The minimum atomic E-state index is -0.476. The summed E-state index contributed by atoms with van der Waals surface area (Å²) in [6, 6.07) is 3.37. The van der Waals surface area contributed by atoms with Crippen molar-refractivity contribution in [2.75, 3.05) is 44.2 Å². The number of hydrogen-bond acceptors (Lipinski definition) is 7. The summed E-state index contributed by atoms with van der Waals surface area (Å²) < 4.78 is 5.68. The van der Waals surface area contributed by atoms with Gasteiger partial charge in [0.15, 0.2) is 0 Å². The van der Waals surface area contributed by atoms with Crippen molar-refractivity contribution in [3.63, 3.8) is 0 Å². The SMILES string of the molecule is Cc1ccc(CN2CCNC(=O)C2CC(=O)N2CCN(c3ncnc(C)c3C)CC2)o1. The van der Waals surface area contributed by atoms with Crippen molar-refractivity contribution < 1.29 is 14.0 Å². The predicted octanol–water partition coefficient (Wildman–Crippen LogP) is 1.03. The van der Waals surface area contributed by atoms with Gasteiger partial charge < -0.3 is 19.5 Å². The fourth-order valence-corrected chi connectivity index (χ4v) is 4.25. The van der Waals surface area contributed by atoms with Gasteiger partial charge in [-0.05, 0) is 32.9 Å². The van der Waals surface area contributed by atoms with Gasteiger partial charge in [0, 0.05) is 50.5 Å². The Balaban J connectivity index is 1.36. The number of furan rings is 1. The average Bonchev–Trinajstić information content (AvgIpc) is 3.17. The highest BCUT2D eigenvalue weighted by Crippen LogP contribution is 2.21. The molecular formula is C22H30N6O3. The van der Waals surface area contributed by atoms with Gasteiger partial charge in [-0.3, -0.25) is 14.5 Å². The Morgan fingerprint density at radius 2 is 1.90 bits per heavy atom. The lowest BCUT2D eigenvalue weighted by molar-refractivity contribution is -0.139. The van der Waals surface area contributed by atoms with Crippen molar-refractivity contribution in [3.05, 3.63) is 41.2 Å². The van der Waals surface area contributed by atoms with E-state index in [9.17, 15) is 9.59 Å². The number of carbonyl (C=O) groups excluding carboxylic acids is 2. The summed E-state index contributed by atoms with van der Waals surface area (Å²) in [5.74, 6) is 2.52. The third-order valence-electron chi connectivity index (χ3n) is 6.21. The molecule has 2 aromatic rings. The number of rotatable bonds is 5. The van der Waals surface area contributed by atoms with E-state index in [4.69, 9.17) is 4.42 Å². The molecule has 0 spiro atoms. The largest absolute Gasteiger partial charge is 0.465 e. The third kappa shape index (κ3) is 4.71. The quantitative estimate of drug-likeness (QED) is 0.763. The first-order valence-corrected chi connectivity index (χ1v) is 10.8. The molecule has 9 nitrogen and oxygen atoms in total. The summed E-state index contributed by atoms with van der Waals surface area (Å²) >= 11 is 0. The highest BCUT2D eigenvalue weighted by Gasteiger charge is 2.34. The van der Waals surface area contributed by atoms with Gasteiger partial charge in [0.2, 0.25) is 11.8 Å². The standard InChI is InChI=1S/C22H30N6O3/c1-15-4-5-18(31-15)13-28-7-6-23-22(30)19(28)12-20(29)26-8-10-27(11-9-26)21-16(2)17(3)24-14-25-21/h4-5,14,19H,6-13H2,1-3H3,(H,23,30). The fraction of sp³-hybridized carbons (Fsp3) is 0.545. The molecule has 2 saturated heterocycles. The number of hydrogen-bond donors (Lipinski definition) is 1. The van der Waals surface area contributed by atoms with Crippen LogP contribution in [0.1, 0.15) is 29.2 Å². The first kappa shape index (κ1) is 21.3. The Morgan fingerprint density at radius 3 is 2.61 bits per heavy atom. The van der Waals surface area contributed by atoms with Crippen LogP contribution in [-0.4, -0.2) is 76.9 Å². The minimum absolute atomic E-state index is 0.0120. The van der Waals surface area contributed by atoms with Gasteiger partial charge in [-0.2, -0.15) is 0 Å². The maximum atomic E-state index is 13.0. The maximum absolute atomic E-state index is 13.0. The number of piperazine rings is 2. The number of aryl methyl sites for hydroxylation is 2. The second-order valence-electron chi connectivity index (χ2n) is 8.27. The molecule has 0 bridgehead atoms. The molecule has 0 radical (unpaired) electrons. The van der Waals surface area contributed by atoms with Gasteiger partial charge in [0.25, 0.3) is 0 Å². The van der Waals surface area contributed by atoms with E-state index < -0.39 is 6.04 Å². The van der Waals surface area contributed by atoms with E-state index >= 15 is 0 Å². The van der Waals surface area contributed by atoms with Crippen LogP contribution in [0.3, 0.4) is 0 Å². The lowest BCUT2D eigenvalue weighted by Crippen LogP contribution is -2.57. The average molecular weight is 427 g/mol. The Bertz CT molecular complexity index is 950. The Morgan fingerprint density at radius 1 is 1.13 bits per heavy atom. The molecule has 1 unspecified atom stereocenters. The van der Waals surface area contributed by atoms with Crippen LogP contribution in [0.5, 0.6) is 0 Å². The monoisotopic (exact) mass is 426 g/mol. The van der Waals surface area contributed by atoms with Crippen molar-refractivity contribution >= 4 is 17.6 Å². The molecule has 1 atom stereocenters. The summed E-state index contributed by atoms with van der Waals surface area (Å²) in [5, 5.41) is 2.90. The summed E-state index contributed by atoms with van der Waals surface area (Å²) in [6.07, 6.45) is 1.77. The molecule has 2 aromatic heterocycles. The molecule has 31 heavy (non-hydrogen) atoms. The van der Waals surface area contributed by atoms with Crippen molar-refractivity contribution in [2.45, 2.75) is 39.8 Å². The van der Waals surface area contributed by atoms with E-state index in [0.717, 1.165) is 41.7 Å². The number of anilines is 1. The van der Waals surface area contributed by atoms with Crippen LogP contribution < -0.4 is 10.2 Å². The van der Waals surface area contributed by atoms with E-state index in [0.29, 0.717) is 32.7 Å². The van der Waals surface area contributed by atoms with E-state index in [-0.39, 0.29) is 18.2 Å². The summed E-state index contributed by atoms with van der Waals surface area (Å²) in [6.45, 7) is 10.4. The highest BCUT2D eigenvalue weighted by molar-refractivity contribution is 5.89. The first-order valence-electron chi connectivity index (χ1n) is 10.8. The zero-order valence-corrected chi connectivity index (χ0v) is 18.4. The second-order valence-corrected chi connectivity index (χ2v) is 8.27. The van der Waals surface area contributed by atoms with E-state index in [1.807, 2.05) is 42.7 Å². The lowest BCUT2D eigenvalue weighted by atomic mass is 10.1. The molecule has 0 aliphatic carbocycles. The zero-order valence-electron chi connectivity index (χ0n) is 18.4. The van der Waals surface area contributed by atoms with Gasteiger partial charge in [0.1, 0.15) is 23.7 Å². The van der Waals surface area contributed by atoms with Crippen LogP contribution in [0.2, 0.25) is 0 Å². The predicted molar refractivity (Wildman–Crippen MR) is 116 cm³/mol. The molecular weight excluding hydrogens is 396 g/mol. The number of nitrogens with zero attached hydrogens (tertiary/aromatic N) is 5. The zero-order chi connectivity index (χ0) is 22.0. The Hall–Kier alpha value is -2.94. The van der Waals surface area contributed by atoms with Crippen LogP contribution in [0.25, 0.3) is 0 Å². The maximum Gasteiger partial charge on any atom is 0.237 e. The van der Waals surface area contributed by atoms with Gasteiger partial charge in [-0.25, -0.2) is 9.97 Å². The Labute approximate surface area is 182 Å². The number of aromatic nitrogens is 2. The van der Waals surface area contributed by atoms with Crippen molar-refractivity contribution in [1.29, 1.82) is 0 Å². The van der Waals surface area contributed by atoms with E-state index in [2.05, 4.69) is 20.2 Å². The number of carbonyl (C=O) groups is 2.